The van der Waals surface area contributed by atoms with Gasteiger partial charge in [0.15, 0.2) is 5.78 Å². The molecule has 0 fully saturated rings. The Balaban J connectivity index is 3.48. The molecule has 5 heteroatoms. The fourth-order valence-corrected chi connectivity index (χ4v) is 2.38. The van der Waals surface area contributed by atoms with Crippen molar-refractivity contribution >= 4 is 33.3 Å². The number of pyridine rings is 1. The second-order valence-corrected chi connectivity index (χ2v) is 8.22. The maximum absolute atomic E-state index is 12.0. The standard InChI is InChI=1S/C16H26BrN3O/c1-9-11(10(2)21)13(19-15(3,4)5)18-14(12(9)17)20-16(6,7)8/h1-8H3,(H2,18,19,20). The second kappa shape index (κ2) is 5.95. The van der Waals surface area contributed by atoms with Crippen molar-refractivity contribution in [1.82, 2.24) is 4.98 Å². The summed E-state index contributed by atoms with van der Waals surface area (Å²) in [6.07, 6.45) is 0. The van der Waals surface area contributed by atoms with Gasteiger partial charge in [-0.3, -0.25) is 4.79 Å². The molecular formula is C16H26BrN3O. The van der Waals surface area contributed by atoms with Gasteiger partial charge in [-0.2, -0.15) is 0 Å². The Morgan fingerprint density at radius 3 is 1.81 bits per heavy atom. The highest BCUT2D eigenvalue weighted by Crippen LogP contribution is 2.34. The van der Waals surface area contributed by atoms with Gasteiger partial charge in [-0.1, -0.05) is 0 Å². The van der Waals surface area contributed by atoms with Crippen molar-refractivity contribution in [3.8, 4) is 0 Å². The highest BCUT2D eigenvalue weighted by molar-refractivity contribution is 9.10. The van der Waals surface area contributed by atoms with E-state index in [1.54, 1.807) is 6.92 Å². The van der Waals surface area contributed by atoms with Crippen LogP contribution in [0.3, 0.4) is 0 Å². The lowest BCUT2D eigenvalue weighted by atomic mass is 10.0. The molecular weight excluding hydrogens is 330 g/mol. The number of carbonyl (C=O) groups is 1. The molecule has 0 aromatic carbocycles. The third-order valence-corrected chi connectivity index (χ3v) is 3.68. The Bertz CT molecular complexity index is 554. The van der Waals surface area contributed by atoms with Crippen LogP contribution in [0.4, 0.5) is 11.6 Å². The van der Waals surface area contributed by atoms with E-state index in [4.69, 9.17) is 0 Å². The van der Waals surface area contributed by atoms with E-state index in [1.807, 2.05) is 27.7 Å². The van der Waals surface area contributed by atoms with Gasteiger partial charge in [0.2, 0.25) is 0 Å². The molecule has 0 spiro atoms. The normalized spacial score (nSPS) is 12.2. The first-order valence-corrected chi connectivity index (χ1v) is 7.88. The Labute approximate surface area is 136 Å². The summed E-state index contributed by atoms with van der Waals surface area (Å²) < 4.78 is 0.835. The van der Waals surface area contributed by atoms with Crippen molar-refractivity contribution < 1.29 is 4.79 Å². The molecule has 1 rings (SSSR count). The summed E-state index contributed by atoms with van der Waals surface area (Å²) in [5, 5.41) is 6.71. The minimum atomic E-state index is -0.170. The van der Waals surface area contributed by atoms with Gasteiger partial charge in [-0.25, -0.2) is 4.98 Å². The largest absolute Gasteiger partial charge is 0.365 e. The summed E-state index contributed by atoms with van der Waals surface area (Å²) in [7, 11) is 0. The first kappa shape index (κ1) is 18.0. The highest BCUT2D eigenvalue weighted by Gasteiger charge is 2.23. The predicted molar refractivity (Wildman–Crippen MR) is 93.4 cm³/mol. The first-order chi connectivity index (χ1) is 9.32. The molecule has 0 unspecified atom stereocenters. The number of Topliss-reactive ketones (excluding diaryl/α,β-unsaturated/α-hetero) is 1. The van der Waals surface area contributed by atoms with Crippen LogP contribution in [0.2, 0.25) is 0 Å². The summed E-state index contributed by atoms with van der Waals surface area (Å²) in [5.74, 6) is 1.38. The number of rotatable bonds is 3. The third-order valence-electron chi connectivity index (χ3n) is 2.71. The molecule has 1 aromatic heterocycles. The van der Waals surface area contributed by atoms with Gasteiger partial charge >= 0.3 is 0 Å². The van der Waals surface area contributed by atoms with Crippen LogP contribution >= 0.6 is 15.9 Å². The minimum absolute atomic E-state index is 0.00904. The van der Waals surface area contributed by atoms with E-state index in [0.29, 0.717) is 11.4 Å². The van der Waals surface area contributed by atoms with Crippen LogP contribution < -0.4 is 10.6 Å². The van der Waals surface area contributed by atoms with Crippen LogP contribution in [-0.4, -0.2) is 21.8 Å². The van der Waals surface area contributed by atoms with E-state index in [0.717, 1.165) is 15.9 Å². The fraction of sp³-hybridized carbons (Fsp3) is 0.625. The summed E-state index contributed by atoms with van der Waals surface area (Å²) in [5.41, 5.74) is 1.25. The van der Waals surface area contributed by atoms with E-state index in [1.165, 1.54) is 0 Å². The molecule has 0 atom stereocenters. The Kier molecular flexibility index (Phi) is 5.09. The van der Waals surface area contributed by atoms with Crippen LogP contribution in [-0.2, 0) is 0 Å². The lowest BCUT2D eigenvalue weighted by Gasteiger charge is -2.27. The summed E-state index contributed by atoms with van der Waals surface area (Å²) in [4.78, 5) is 16.6. The van der Waals surface area contributed by atoms with E-state index in [9.17, 15) is 4.79 Å². The zero-order valence-corrected chi connectivity index (χ0v) is 15.8. The van der Waals surface area contributed by atoms with E-state index in [-0.39, 0.29) is 16.9 Å². The zero-order chi connectivity index (χ0) is 16.6. The number of hydrogen-bond acceptors (Lipinski definition) is 4. The molecule has 118 valence electrons. The molecule has 1 heterocycles. The molecule has 0 amide bonds. The number of aromatic nitrogens is 1. The number of anilines is 2. The molecule has 0 saturated heterocycles. The topological polar surface area (TPSA) is 54.0 Å². The molecule has 4 nitrogen and oxygen atoms in total. The number of ketones is 1. The molecule has 1 aromatic rings. The van der Waals surface area contributed by atoms with Gasteiger partial charge in [-0.15, -0.1) is 0 Å². The molecule has 0 aliphatic carbocycles. The molecule has 0 aliphatic rings. The van der Waals surface area contributed by atoms with Crippen LogP contribution in [0.25, 0.3) is 0 Å². The smallest absolute Gasteiger partial charge is 0.163 e. The average Bonchev–Trinajstić information content (AvgIpc) is 2.20. The Morgan fingerprint density at radius 1 is 1.00 bits per heavy atom. The van der Waals surface area contributed by atoms with Gasteiger partial charge in [0.1, 0.15) is 11.6 Å². The monoisotopic (exact) mass is 355 g/mol. The van der Waals surface area contributed by atoms with Crippen LogP contribution in [0.15, 0.2) is 4.47 Å². The Hall–Kier alpha value is -1.10. The van der Waals surface area contributed by atoms with Gasteiger partial charge in [0.25, 0.3) is 0 Å². The first-order valence-electron chi connectivity index (χ1n) is 7.09. The molecule has 0 radical (unpaired) electrons. The predicted octanol–water partition coefficient (Wildman–Crippen LogP) is 4.78. The van der Waals surface area contributed by atoms with Crippen molar-refractivity contribution in [2.45, 2.75) is 66.5 Å². The van der Waals surface area contributed by atoms with Crippen molar-refractivity contribution in [3.63, 3.8) is 0 Å². The second-order valence-electron chi connectivity index (χ2n) is 7.43. The van der Waals surface area contributed by atoms with Gasteiger partial charge in [-0.05, 0) is 76.9 Å². The van der Waals surface area contributed by atoms with Crippen molar-refractivity contribution in [1.29, 1.82) is 0 Å². The van der Waals surface area contributed by atoms with E-state index >= 15 is 0 Å². The third kappa shape index (κ3) is 4.99. The molecule has 0 aliphatic heterocycles. The van der Waals surface area contributed by atoms with Crippen molar-refractivity contribution in [3.05, 3.63) is 15.6 Å². The van der Waals surface area contributed by atoms with Gasteiger partial charge in [0, 0.05) is 11.1 Å². The maximum atomic E-state index is 12.0. The number of halogens is 1. The lowest BCUT2D eigenvalue weighted by molar-refractivity contribution is 0.101. The van der Waals surface area contributed by atoms with Crippen LogP contribution in [0.1, 0.15) is 64.4 Å². The number of hydrogen-bond donors (Lipinski definition) is 2. The number of nitrogens with zero attached hydrogens (tertiary/aromatic N) is 1. The van der Waals surface area contributed by atoms with Gasteiger partial charge in [0.05, 0.1) is 10.0 Å². The van der Waals surface area contributed by atoms with E-state index in [2.05, 4.69) is 52.3 Å². The lowest BCUT2D eigenvalue weighted by Crippen LogP contribution is -2.30. The Morgan fingerprint density at radius 2 is 1.43 bits per heavy atom. The number of nitrogens with one attached hydrogen (secondary N) is 2. The number of carbonyl (C=O) groups excluding carboxylic acids is 1. The molecule has 0 saturated carbocycles. The average molecular weight is 356 g/mol. The van der Waals surface area contributed by atoms with E-state index < -0.39 is 0 Å². The fourth-order valence-electron chi connectivity index (χ4n) is 2.00. The summed E-state index contributed by atoms with van der Waals surface area (Å²) >= 11 is 3.56. The summed E-state index contributed by atoms with van der Waals surface area (Å²) in [6.45, 7) is 15.9. The molecule has 0 bridgehead atoms. The maximum Gasteiger partial charge on any atom is 0.163 e. The molecule has 21 heavy (non-hydrogen) atoms. The quantitative estimate of drug-likeness (QED) is 0.766. The van der Waals surface area contributed by atoms with Crippen LogP contribution in [0.5, 0.6) is 0 Å². The SMILES string of the molecule is CC(=O)c1c(NC(C)(C)C)nc(NC(C)(C)C)c(Br)c1C. The molecule has 2 N–H and O–H groups in total. The minimum Gasteiger partial charge on any atom is -0.365 e. The summed E-state index contributed by atoms with van der Waals surface area (Å²) in [6, 6.07) is 0. The van der Waals surface area contributed by atoms with Crippen LogP contribution in [0, 0.1) is 6.92 Å². The highest BCUT2D eigenvalue weighted by atomic mass is 79.9. The van der Waals surface area contributed by atoms with Crippen molar-refractivity contribution in [2.75, 3.05) is 10.6 Å². The van der Waals surface area contributed by atoms with Crippen molar-refractivity contribution in [2.24, 2.45) is 0 Å². The zero-order valence-electron chi connectivity index (χ0n) is 14.2. The van der Waals surface area contributed by atoms with Gasteiger partial charge < -0.3 is 10.6 Å².